The van der Waals surface area contributed by atoms with Crippen molar-refractivity contribution in [1.29, 1.82) is 0 Å². The Balaban J connectivity index is 3.04. The molecular weight excluding hydrogens is 252 g/mol. The van der Waals surface area contributed by atoms with Crippen LogP contribution in [0.2, 0.25) is 0 Å². The summed E-state index contributed by atoms with van der Waals surface area (Å²) in [5, 5.41) is 8.45. The lowest BCUT2D eigenvalue weighted by Crippen LogP contribution is -2.14. The van der Waals surface area contributed by atoms with Crippen LogP contribution in [-0.2, 0) is 23.7 Å². The van der Waals surface area contributed by atoms with Gasteiger partial charge in [0.25, 0.3) is 0 Å². The average molecular weight is 278 g/mol. The molecule has 0 bridgehead atoms. The second-order valence-electron chi connectivity index (χ2n) is 3.88. The van der Waals surface area contributed by atoms with Crippen LogP contribution in [0.15, 0.2) is 0 Å². The molecule has 114 valence electrons. The van der Waals surface area contributed by atoms with Gasteiger partial charge in [-0.15, -0.1) is 0 Å². The van der Waals surface area contributed by atoms with Crippen molar-refractivity contribution in [3.8, 4) is 0 Å². The molecule has 0 aromatic rings. The summed E-state index contributed by atoms with van der Waals surface area (Å²) in [4.78, 5) is 11.1. The van der Waals surface area contributed by atoms with Gasteiger partial charge in [-0.1, -0.05) is 13.3 Å². The molecule has 0 aliphatic heterocycles. The SMILES string of the molecule is CCCCC(=O)OCCOCCOCCOCCO. The van der Waals surface area contributed by atoms with Crippen LogP contribution >= 0.6 is 0 Å². The Hall–Kier alpha value is -0.690. The molecule has 0 radical (unpaired) electrons. The van der Waals surface area contributed by atoms with E-state index in [0.29, 0.717) is 52.7 Å². The number of rotatable bonds is 14. The Morgan fingerprint density at radius 3 is 1.95 bits per heavy atom. The third kappa shape index (κ3) is 15.3. The molecule has 1 N–H and O–H groups in total. The van der Waals surface area contributed by atoms with E-state index in [1.54, 1.807) is 0 Å². The first kappa shape index (κ1) is 18.3. The molecule has 0 fully saturated rings. The molecule has 0 aliphatic rings. The molecule has 0 aromatic heterocycles. The first-order valence-corrected chi connectivity index (χ1v) is 6.81. The predicted molar refractivity (Wildman–Crippen MR) is 70.0 cm³/mol. The maximum Gasteiger partial charge on any atom is 0.305 e. The van der Waals surface area contributed by atoms with Crippen molar-refractivity contribution < 1.29 is 28.8 Å². The highest BCUT2D eigenvalue weighted by molar-refractivity contribution is 5.69. The maximum atomic E-state index is 11.1. The van der Waals surface area contributed by atoms with Crippen LogP contribution in [0.5, 0.6) is 0 Å². The van der Waals surface area contributed by atoms with Gasteiger partial charge in [0.1, 0.15) is 6.61 Å². The molecule has 0 aliphatic carbocycles. The summed E-state index contributed by atoms with van der Waals surface area (Å²) in [5.74, 6) is -0.164. The highest BCUT2D eigenvalue weighted by atomic mass is 16.6. The van der Waals surface area contributed by atoms with Crippen molar-refractivity contribution in [2.75, 3.05) is 52.9 Å². The largest absolute Gasteiger partial charge is 0.463 e. The fourth-order valence-corrected chi connectivity index (χ4v) is 1.21. The zero-order chi connectivity index (χ0) is 14.2. The van der Waals surface area contributed by atoms with Gasteiger partial charge >= 0.3 is 5.97 Å². The van der Waals surface area contributed by atoms with Crippen LogP contribution in [0.4, 0.5) is 0 Å². The molecule has 0 heterocycles. The lowest BCUT2D eigenvalue weighted by molar-refractivity contribution is -0.145. The monoisotopic (exact) mass is 278 g/mol. The van der Waals surface area contributed by atoms with Gasteiger partial charge in [0, 0.05) is 6.42 Å². The van der Waals surface area contributed by atoms with Crippen molar-refractivity contribution in [2.45, 2.75) is 26.2 Å². The van der Waals surface area contributed by atoms with Crippen molar-refractivity contribution in [1.82, 2.24) is 0 Å². The minimum atomic E-state index is -0.164. The van der Waals surface area contributed by atoms with E-state index in [0.717, 1.165) is 12.8 Å². The average Bonchev–Trinajstić information content (AvgIpc) is 2.42. The number of aliphatic hydroxyl groups is 1. The lowest BCUT2D eigenvalue weighted by atomic mass is 10.2. The van der Waals surface area contributed by atoms with Crippen LogP contribution in [0, 0.1) is 0 Å². The molecule has 0 atom stereocenters. The number of carbonyl (C=O) groups is 1. The molecule has 6 heteroatoms. The summed E-state index contributed by atoms with van der Waals surface area (Å²) >= 11 is 0. The van der Waals surface area contributed by atoms with E-state index in [2.05, 4.69) is 0 Å². The number of hydrogen-bond acceptors (Lipinski definition) is 6. The molecule has 19 heavy (non-hydrogen) atoms. The van der Waals surface area contributed by atoms with Crippen LogP contribution in [0.1, 0.15) is 26.2 Å². The van der Waals surface area contributed by atoms with E-state index in [1.807, 2.05) is 6.92 Å². The van der Waals surface area contributed by atoms with Gasteiger partial charge in [0.05, 0.1) is 46.2 Å². The van der Waals surface area contributed by atoms with E-state index in [9.17, 15) is 4.79 Å². The molecule has 0 saturated carbocycles. The van der Waals surface area contributed by atoms with Crippen molar-refractivity contribution in [2.24, 2.45) is 0 Å². The quantitative estimate of drug-likeness (QED) is 0.373. The molecule has 0 unspecified atom stereocenters. The van der Waals surface area contributed by atoms with Crippen LogP contribution in [0.25, 0.3) is 0 Å². The van der Waals surface area contributed by atoms with Gasteiger partial charge in [-0.3, -0.25) is 4.79 Å². The number of ether oxygens (including phenoxy) is 4. The smallest absolute Gasteiger partial charge is 0.305 e. The summed E-state index contributed by atoms with van der Waals surface area (Å²) in [6.07, 6.45) is 2.34. The second-order valence-corrected chi connectivity index (χ2v) is 3.88. The third-order valence-corrected chi connectivity index (χ3v) is 2.20. The highest BCUT2D eigenvalue weighted by Crippen LogP contribution is 1.96. The highest BCUT2D eigenvalue weighted by Gasteiger charge is 2.00. The summed E-state index contributed by atoms with van der Waals surface area (Å²) in [6, 6.07) is 0. The lowest BCUT2D eigenvalue weighted by Gasteiger charge is -2.07. The summed E-state index contributed by atoms with van der Waals surface area (Å²) in [7, 11) is 0. The van der Waals surface area contributed by atoms with Crippen molar-refractivity contribution in [3.05, 3.63) is 0 Å². The van der Waals surface area contributed by atoms with Gasteiger partial charge in [0.2, 0.25) is 0 Å². The van der Waals surface area contributed by atoms with Gasteiger partial charge in [-0.05, 0) is 6.42 Å². The Morgan fingerprint density at radius 1 is 0.895 bits per heavy atom. The van der Waals surface area contributed by atoms with Crippen LogP contribution in [0.3, 0.4) is 0 Å². The summed E-state index contributed by atoms with van der Waals surface area (Å²) < 4.78 is 20.4. The molecule has 0 aromatic carbocycles. The Morgan fingerprint density at radius 2 is 1.42 bits per heavy atom. The minimum Gasteiger partial charge on any atom is -0.463 e. The number of hydrogen-bond donors (Lipinski definition) is 1. The van der Waals surface area contributed by atoms with E-state index in [-0.39, 0.29) is 12.6 Å². The molecule has 0 rings (SSSR count). The fourth-order valence-electron chi connectivity index (χ4n) is 1.21. The topological polar surface area (TPSA) is 74.2 Å². The van der Waals surface area contributed by atoms with E-state index in [4.69, 9.17) is 24.1 Å². The molecule has 0 spiro atoms. The van der Waals surface area contributed by atoms with E-state index >= 15 is 0 Å². The zero-order valence-corrected chi connectivity index (χ0v) is 11.8. The molecular formula is C13H26O6. The second kappa shape index (κ2) is 15.4. The molecule has 0 saturated heterocycles. The Bertz CT molecular complexity index is 198. The number of unbranched alkanes of at least 4 members (excludes halogenated alkanes) is 1. The van der Waals surface area contributed by atoms with E-state index in [1.165, 1.54) is 0 Å². The summed E-state index contributed by atoms with van der Waals surface area (Å²) in [5.41, 5.74) is 0. The summed E-state index contributed by atoms with van der Waals surface area (Å²) in [6.45, 7) is 4.97. The molecule has 6 nitrogen and oxygen atoms in total. The van der Waals surface area contributed by atoms with Gasteiger partial charge in [0.15, 0.2) is 0 Å². The normalized spacial score (nSPS) is 10.6. The van der Waals surface area contributed by atoms with Crippen LogP contribution < -0.4 is 0 Å². The predicted octanol–water partition coefficient (Wildman–Crippen LogP) is 0.762. The first-order valence-electron chi connectivity index (χ1n) is 6.81. The van der Waals surface area contributed by atoms with Gasteiger partial charge in [-0.2, -0.15) is 0 Å². The Labute approximate surface area is 115 Å². The third-order valence-electron chi connectivity index (χ3n) is 2.20. The number of esters is 1. The van der Waals surface area contributed by atoms with Gasteiger partial charge < -0.3 is 24.1 Å². The van der Waals surface area contributed by atoms with Crippen molar-refractivity contribution in [3.63, 3.8) is 0 Å². The Kier molecular flexibility index (Phi) is 14.8. The molecule has 0 amide bonds. The van der Waals surface area contributed by atoms with Crippen LogP contribution in [-0.4, -0.2) is 63.9 Å². The van der Waals surface area contributed by atoms with Gasteiger partial charge in [-0.25, -0.2) is 0 Å². The standard InChI is InChI=1S/C13H26O6/c1-2-3-4-13(15)19-12-11-18-10-9-17-8-7-16-6-5-14/h14H,2-12H2,1H3. The zero-order valence-electron chi connectivity index (χ0n) is 11.8. The number of aliphatic hydroxyl groups excluding tert-OH is 1. The first-order chi connectivity index (χ1) is 9.31. The maximum absolute atomic E-state index is 11.1. The minimum absolute atomic E-state index is 0.0279. The number of carbonyl (C=O) groups excluding carboxylic acids is 1. The van der Waals surface area contributed by atoms with E-state index < -0.39 is 0 Å². The fraction of sp³-hybridized carbons (Fsp3) is 0.923. The van der Waals surface area contributed by atoms with Crippen molar-refractivity contribution >= 4 is 5.97 Å².